The van der Waals surface area contributed by atoms with Crippen LogP contribution in [0.1, 0.15) is 30.3 Å². The summed E-state index contributed by atoms with van der Waals surface area (Å²) in [6.07, 6.45) is 2.26. The highest BCUT2D eigenvalue weighted by Crippen LogP contribution is 2.27. The first-order chi connectivity index (χ1) is 12.7. The molecule has 26 heavy (non-hydrogen) atoms. The van der Waals surface area contributed by atoms with Crippen molar-refractivity contribution < 1.29 is 14.1 Å². The van der Waals surface area contributed by atoms with Crippen LogP contribution in [0.25, 0.3) is 11.3 Å². The highest BCUT2D eigenvalue weighted by Gasteiger charge is 2.16. The van der Waals surface area contributed by atoms with Crippen molar-refractivity contribution in [3.8, 4) is 17.1 Å². The topological polar surface area (TPSA) is 90.1 Å². The minimum Gasteiger partial charge on any atom is -0.497 e. The van der Waals surface area contributed by atoms with Gasteiger partial charge in [-0.1, -0.05) is 41.6 Å². The van der Waals surface area contributed by atoms with Gasteiger partial charge in [0.05, 0.1) is 7.11 Å². The number of rotatable bonds is 8. The molecule has 2 aromatic heterocycles. The summed E-state index contributed by atoms with van der Waals surface area (Å²) in [5.74, 6) is 1.86. The number of hydrogen-bond donors (Lipinski definition) is 1. The lowest BCUT2D eigenvalue weighted by Crippen LogP contribution is -2.11. The maximum atomic E-state index is 12.3. The number of aromatic nitrogens is 3. The zero-order valence-electron chi connectivity index (χ0n) is 14.4. The van der Waals surface area contributed by atoms with Crippen molar-refractivity contribution in [2.24, 2.45) is 0 Å². The van der Waals surface area contributed by atoms with E-state index in [0.29, 0.717) is 10.9 Å². The van der Waals surface area contributed by atoms with Gasteiger partial charge in [-0.2, -0.15) is 0 Å². The first-order valence-corrected chi connectivity index (χ1v) is 9.88. The van der Waals surface area contributed by atoms with E-state index in [1.165, 1.54) is 11.3 Å². The van der Waals surface area contributed by atoms with Crippen molar-refractivity contribution in [1.82, 2.24) is 15.4 Å². The number of benzene rings is 1. The molecule has 1 aromatic carbocycles. The fraction of sp³-hybridized carbons (Fsp3) is 0.294. The van der Waals surface area contributed by atoms with Gasteiger partial charge in [0.1, 0.15) is 5.75 Å². The van der Waals surface area contributed by atoms with E-state index < -0.39 is 0 Å². The van der Waals surface area contributed by atoms with Crippen LogP contribution < -0.4 is 10.1 Å². The number of unbranched alkanes of at least 4 members (excludes halogenated alkanes) is 1. The lowest BCUT2D eigenvalue weighted by molar-refractivity contribution is 0.101. The molecule has 0 atom stereocenters. The van der Waals surface area contributed by atoms with Crippen LogP contribution in [0, 0.1) is 0 Å². The number of methoxy groups -OCH3 is 1. The molecule has 2 heterocycles. The Morgan fingerprint density at radius 3 is 2.85 bits per heavy atom. The quantitative estimate of drug-likeness (QED) is 0.347. The van der Waals surface area contributed by atoms with Gasteiger partial charge in [0.15, 0.2) is 15.8 Å². The van der Waals surface area contributed by atoms with Crippen LogP contribution >= 0.6 is 23.1 Å². The van der Waals surface area contributed by atoms with Gasteiger partial charge in [-0.05, 0) is 30.7 Å². The molecule has 0 radical (unpaired) electrons. The summed E-state index contributed by atoms with van der Waals surface area (Å²) in [5, 5.41) is 15.0. The van der Waals surface area contributed by atoms with Gasteiger partial charge in [-0.15, -0.1) is 10.2 Å². The third-order valence-corrected chi connectivity index (χ3v) is 5.53. The summed E-state index contributed by atoms with van der Waals surface area (Å²) in [4.78, 5) is 12.3. The number of hydrogen-bond acceptors (Lipinski definition) is 8. The SMILES string of the molecule is CCCCSc1nnc(NC(=O)c2cc(-c3ccc(OC)cc3)on2)s1. The number of carbonyl (C=O) groups is 1. The lowest BCUT2D eigenvalue weighted by atomic mass is 10.1. The van der Waals surface area contributed by atoms with Crippen molar-refractivity contribution in [2.75, 3.05) is 18.2 Å². The Morgan fingerprint density at radius 2 is 2.12 bits per heavy atom. The second kappa shape index (κ2) is 8.81. The van der Waals surface area contributed by atoms with E-state index in [4.69, 9.17) is 9.26 Å². The van der Waals surface area contributed by atoms with Gasteiger partial charge in [-0.3, -0.25) is 10.1 Å². The molecule has 0 fully saturated rings. The van der Waals surface area contributed by atoms with E-state index in [0.717, 1.165) is 34.2 Å². The third kappa shape index (κ3) is 4.61. The molecule has 3 aromatic rings. The Bertz CT molecular complexity index is 861. The van der Waals surface area contributed by atoms with E-state index >= 15 is 0 Å². The van der Waals surface area contributed by atoms with Crippen LogP contribution in [0.2, 0.25) is 0 Å². The van der Waals surface area contributed by atoms with Crippen molar-refractivity contribution in [1.29, 1.82) is 0 Å². The van der Waals surface area contributed by atoms with Gasteiger partial charge in [0.2, 0.25) is 5.13 Å². The Kier molecular flexibility index (Phi) is 6.24. The number of thioether (sulfide) groups is 1. The smallest absolute Gasteiger partial charge is 0.279 e. The standard InChI is InChI=1S/C17H18N4O3S2/c1-3-4-9-25-17-20-19-16(26-17)18-15(22)13-10-14(24-21-13)11-5-7-12(23-2)8-6-11/h5-8,10H,3-4,9H2,1-2H3,(H,18,19,22). The van der Waals surface area contributed by atoms with Crippen LogP contribution in [-0.4, -0.2) is 34.1 Å². The van der Waals surface area contributed by atoms with Crippen LogP contribution in [0.15, 0.2) is 39.2 Å². The molecule has 1 N–H and O–H groups in total. The van der Waals surface area contributed by atoms with Crippen LogP contribution in [-0.2, 0) is 0 Å². The van der Waals surface area contributed by atoms with Crippen LogP contribution in [0.3, 0.4) is 0 Å². The summed E-state index contributed by atoms with van der Waals surface area (Å²) < 4.78 is 11.2. The monoisotopic (exact) mass is 390 g/mol. The molecular weight excluding hydrogens is 372 g/mol. The van der Waals surface area contributed by atoms with Crippen molar-refractivity contribution in [2.45, 2.75) is 24.1 Å². The largest absolute Gasteiger partial charge is 0.497 e. The molecular formula is C17H18N4O3S2. The van der Waals surface area contributed by atoms with Gasteiger partial charge in [0.25, 0.3) is 5.91 Å². The summed E-state index contributed by atoms with van der Waals surface area (Å²) >= 11 is 2.99. The fourth-order valence-corrected chi connectivity index (χ4v) is 3.96. The predicted octanol–water partition coefficient (Wildman–Crippen LogP) is 4.35. The summed E-state index contributed by atoms with van der Waals surface area (Å²) in [6, 6.07) is 8.90. The Hall–Kier alpha value is -2.39. The maximum Gasteiger partial charge on any atom is 0.279 e. The van der Waals surface area contributed by atoms with Gasteiger partial charge in [0, 0.05) is 17.4 Å². The van der Waals surface area contributed by atoms with Gasteiger partial charge in [-0.25, -0.2) is 0 Å². The molecule has 0 unspecified atom stereocenters. The second-order valence-corrected chi connectivity index (χ2v) is 7.65. The van der Waals surface area contributed by atoms with Gasteiger partial charge < -0.3 is 9.26 Å². The molecule has 0 aliphatic carbocycles. The second-order valence-electron chi connectivity index (χ2n) is 5.33. The highest BCUT2D eigenvalue weighted by atomic mass is 32.2. The van der Waals surface area contributed by atoms with Gasteiger partial charge >= 0.3 is 0 Å². The number of nitrogens with one attached hydrogen (secondary N) is 1. The number of carbonyl (C=O) groups excluding carboxylic acids is 1. The number of ether oxygens (including phenoxy) is 1. The van der Waals surface area contributed by atoms with E-state index in [-0.39, 0.29) is 11.6 Å². The molecule has 136 valence electrons. The fourth-order valence-electron chi connectivity index (χ4n) is 2.06. The summed E-state index contributed by atoms with van der Waals surface area (Å²) in [7, 11) is 1.60. The summed E-state index contributed by atoms with van der Waals surface area (Å²) in [5.41, 5.74) is 0.995. The number of nitrogens with zero attached hydrogens (tertiary/aromatic N) is 3. The molecule has 1 amide bonds. The Balaban J connectivity index is 1.62. The van der Waals surface area contributed by atoms with E-state index in [2.05, 4.69) is 27.6 Å². The van der Waals surface area contributed by atoms with Crippen molar-refractivity contribution in [3.63, 3.8) is 0 Å². The molecule has 0 spiro atoms. The zero-order valence-corrected chi connectivity index (χ0v) is 16.0. The minimum absolute atomic E-state index is 0.186. The Morgan fingerprint density at radius 1 is 1.31 bits per heavy atom. The Labute approximate surface area is 159 Å². The molecule has 3 rings (SSSR count). The average Bonchev–Trinajstić information content (AvgIpc) is 3.32. The molecule has 0 saturated carbocycles. The van der Waals surface area contributed by atoms with E-state index in [1.807, 2.05) is 24.3 Å². The first-order valence-electron chi connectivity index (χ1n) is 8.08. The number of amides is 1. The predicted molar refractivity (Wildman–Crippen MR) is 102 cm³/mol. The van der Waals surface area contributed by atoms with Crippen LogP contribution in [0.4, 0.5) is 5.13 Å². The molecule has 0 saturated heterocycles. The highest BCUT2D eigenvalue weighted by molar-refractivity contribution is 8.01. The summed E-state index contributed by atoms with van der Waals surface area (Å²) in [6.45, 7) is 2.14. The molecule has 0 bridgehead atoms. The van der Waals surface area contributed by atoms with Crippen molar-refractivity contribution in [3.05, 3.63) is 36.0 Å². The van der Waals surface area contributed by atoms with Crippen molar-refractivity contribution >= 4 is 34.1 Å². The molecule has 0 aliphatic rings. The maximum absolute atomic E-state index is 12.3. The van der Waals surface area contributed by atoms with E-state index in [9.17, 15) is 4.79 Å². The molecule has 7 nitrogen and oxygen atoms in total. The zero-order chi connectivity index (χ0) is 18.4. The molecule has 9 heteroatoms. The van der Waals surface area contributed by atoms with Crippen LogP contribution in [0.5, 0.6) is 5.75 Å². The average molecular weight is 390 g/mol. The third-order valence-electron chi connectivity index (χ3n) is 3.47. The lowest BCUT2D eigenvalue weighted by Gasteiger charge is -1.99. The first kappa shape index (κ1) is 18.4. The number of anilines is 1. The van der Waals surface area contributed by atoms with E-state index in [1.54, 1.807) is 24.9 Å². The minimum atomic E-state index is -0.380. The molecule has 0 aliphatic heterocycles. The normalized spacial score (nSPS) is 10.7.